The molecule has 0 aromatic carbocycles. The van der Waals surface area contributed by atoms with Gasteiger partial charge in [0.05, 0.1) is 12.2 Å². The summed E-state index contributed by atoms with van der Waals surface area (Å²) >= 11 is 0. The fourth-order valence-corrected chi connectivity index (χ4v) is 4.39. The number of ether oxygens (including phenoxy) is 1. The first-order chi connectivity index (χ1) is 10.5. The highest BCUT2D eigenvalue weighted by molar-refractivity contribution is 4.76. The highest BCUT2D eigenvalue weighted by Crippen LogP contribution is 2.32. The molecule has 0 radical (unpaired) electrons. The van der Waals surface area contributed by atoms with Gasteiger partial charge in [-0.3, -0.25) is 0 Å². The van der Waals surface area contributed by atoms with Crippen molar-refractivity contribution in [3.63, 3.8) is 0 Å². The molecule has 1 saturated carbocycles. The maximum absolute atomic E-state index is 5.96. The van der Waals surface area contributed by atoms with Crippen LogP contribution in [0.15, 0.2) is 0 Å². The minimum atomic E-state index is 0.401. The summed E-state index contributed by atoms with van der Waals surface area (Å²) < 4.78 is 5.96. The summed E-state index contributed by atoms with van der Waals surface area (Å²) in [4.78, 5) is 2.65. The van der Waals surface area contributed by atoms with Gasteiger partial charge in [-0.2, -0.15) is 0 Å². The van der Waals surface area contributed by atoms with E-state index in [2.05, 4.69) is 32.6 Å². The average molecular weight is 310 g/mol. The second kappa shape index (κ2) is 9.27. The van der Waals surface area contributed by atoms with Crippen molar-refractivity contribution < 1.29 is 4.74 Å². The third kappa shape index (κ3) is 6.20. The highest BCUT2D eigenvalue weighted by atomic mass is 16.5. The Morgan fingerprint density at radius 2 is 1.36 bits per heavy atom. The summed E-state index contributed by atoms with van der Waals surface area (Å²) in [5, 5.41) is 0. The Labute approximate surface area is 139 Å². The molecule has 2 aliphatic rings. The molecule has 0 spiro atoms. The van der Waals surface area contributed by atoms with Crippen molar-refractivity contribution in [3.05, 3.63) is 0 Å². The summed E-state index contributed by atoms with van der Waals surface area (Å²) in [6.45, 7) is 11.7. The summed E-state index contributed by atoms with van der Waals surface area (Å²) in [5.41, 5.74) is 0. The zero-order valence-corrected chi connectivity index (χ0v) is 15.5. The van der Waals surface area contributed by atoms with Crippen molar-refractivity contribution in [2.45, 2.75) is 104 Å². The number of piperidine rings is 1. The largest absolute Gasteiger partial charge is 0.376 e. The van der Waals surface area contributed by atoms with E-state index in [1.807, 2.05) is 0 Å². The quantitative estimate of drug-likeness (QED) is 0.636. The number of rotatable bonds is 7. The van der Waals surface area contributed by atoms with E-state index in [9.17, 15) is 0 Å². The Morgan fingerprint density at radius 3 is 1.86 bits per heavy atom. The van der Waals surface area contributed by atoms with Gasteiger partial charge in [-0.25, -0.2) is 0 Å². The number of nitrogens with zero attached hydrogens (tertiary/aromatic N) is 1. The van der Waals surface area contributed by atoms with Crippen molar-refractivity contribution in [3.8, 4) is 0 Å². The van der Waals surface area contributed by atoms with Gasteiger partial charge in [0.1, 0.15) is 0 Å². The Kier molecular flexibility index (Phi) is 7.70. The second-order valence-corrected chi connectivity index (χ2v) is 8.33. The molecule has 2 nitrogen and oxygen atoms in total. The van der Waals surface area contributed by atoms with E-state index in [1.165, 1.54) is 70.9 Å². The van der Waals surface area contributed by atoms with E-state index < -0.39 is 0 Å². The molecule has 2 fully saturated rings. The molecular formula is C20H39NO. The Morgan fingerprint density at radius 1 is 0.818 bits per heavy atom. The van der Waals surface area contributed by atoms with Crippen LogP contribution in [-0.4, -0.2) is 36.2 Å². The summed E-state index contributed by atoms with van der Waals surface area (Å²) in [6.07, 6.45) is 13.7. The molecule has 1 aliphatic carbocycles. The predicted molar refractivity (Wildman–Crippen MR) is 95.3 cm³/mol. The van der Waals surface area contributed by atoms with Crippen molar-refractivity contribution in [2.75, 3.05) is 13.1 Å². The van der Waals surface area contributed by atoms with Gasteiger partial charge in [-0.05, 0) is 91.1 Å². The molecule has 22 heavy (non-hydrogen) atoms. The fourth-order valence-electron chi connectivity index (χ4n) is 4.39. The van der Waals surface area contributed by atoms with Gasteiger partial charge in [0, 0.05) is 6.04 Å². The maximum Gasteiger partial charge on any atom is 0.0578 e. The molecule has 0 amide bonds. The van der Waals surface area contributed by atoms with Crippen LogP contribution in [0, 0.1) is 11.8 Å². The van der Waals surface area contributed by atoms with Gasteiger partial charge >= 0.3 is 0 Å². The molecule has 0 unspecified atom stereocenters. The van der Waals surface area contributed by atoms with Crippen LogP contribution in [-0.2, 0) is 4.74 Å². The topological polar surface area (TPSA) is 12.5 Å². The van der Waals surface area contributed by atoms with Crippen LogP contribution in [0.3, 0.4) is 0 Å². The van der Waals surface area contributed by atoms with Gasteiger partial charge in [0.15, 0.2) is 0 Å². The number of likely N-dealkylation sites (tertiary alicyclic amines) is 1. The lowest BCUT2D eigenvalue weighted by atomic mass is 9.82. The zero-order valence-electron chi connectivity index (χ0n) is 15.5. The van der Waals surface area contributed by atoms with Crippen molar-refractivity contribution in [1.29, 1.82) is 0 Å². The molecule has 2 rings (SSSR count). The molecule has 0 aromatic rings. The summed E-state index contributed by atoms with van der Waals surface area (Å²) in [6, 6.07) is 0.740. The summed E-state index contributed by atoms with van der Waals surface area (Å²) in [5.74, 6) is 2.00. The minimum Gasteiger partial charge on any atom is -0.376 e. The van der Waals surface area contributed by atoms with E-state index in [-0.39, 0.29) is 0 Å². The van der Waals surface area contributed by atoms with E-state index in [0.717, 1.165) is 17.9 Å². The Bertz CT molecular complexity index is 286. The third-order valence-corrected chi connectivity index (χ3v) is 5.86. The molecule has 1 heterocycles. The lowest BCUT2D eigenvalue weighted by Crippen LogP contribution is -2.38. The van der Waals surface area contributed by atoms with Crippen LogP contribution in [0.1, 0.15) is 85.5 Å². The van der Waals surface area contributed by atoms with Gasteiger partial charge in [0.25, 0.3) is 0 Å². The lowest BCUT2D eigenvalue weighted by Gasteiger charge is -2.35. The second-order valence-electron chi connectivity index (χ2n) is 8.33. The summed E-state index contributed by atoms with van der Waals surface area (Å²) in [7, 11) is 0. The number of hydrogen-bond donors (Lipinski definition) is 0. The smallest absolute Gasteiger partial charge is 0.0578 e. The fraction of sp³-hybridized carbons (Fsp3) is 1.00. The van der Waals surface area contributed by atoms with Gasteiger partial charge < -0.3 is 9.64 Å². The number of hydrogen-bond acceptors (Lipinski definition) is 2. The standard InChI is InChI=1S/C20H39NO/c1-16(2)21-14-12-19(13-15-21)7-5-6-18-8-10-20(11-9-18)22-17(3)4/h16-20H,5-15H2,1-4H3/t18-,20-. The van der Waals surface area contributed by atoms with Gasteiger partial charge in [-0.1, -0.05) is 19.3 Å². The molecule has 130 valence electrons. The van der Waals surface area contributed by atoms with Crippen LogP contribution in [0.2, 0.25) is 0 Å². The molecule has 0 aromatic heterocycles. The van der Waals surface area contributed by atoms with Crippen LogP contribution in [0.25, 0.3) is 0 Å². The molecule has 2 heteroatoms. The maximum atomic E-state index is 5.96. The van der Waals surface area contributed by atoms with Crippen LogP contribution >= 0.6 is 0 Å². The molecule has 1 aliphatic heterocycles. The van der Waals surface area contributed by atoms with E-state index in [1.54, 1.807) is 0 Å². The zero-order chi connectivity index (χ0) is 15.9. The third-order valence-electron chi connectivity index (χ3n) is 5.86. The van der Waals surface area contributed by atoms with Crippen molar-refractivity contribution in [2.24, 2.45) is 11.8 Å². The first-order valence-electron chi connectivity index (χ1n) is 9.94. The van der Waals surface area contributed by atoms with Gasteiger partial charge in [0.2, 0.25) is 0 Å². The minimum absolute atomic E-state index is 0.401. The monoisotopic (exact) mass is 309 g/mol. The first-order valence-corrected chi connectivity index (χ1v) is 9.94. The lowest BCUT2D eigenvalue weighted by molar-refractivity contribution is -0.0204. The Balaban J connectivity index is 1.53. The van der Waals surface area contributed by atoms with E-state index >= 15 is 0 Å². The molecule has 0 atom stereocenters. The molecule has 0 bridgehead atoms. The SMILES string of the molecule is CC(C)O[C@H]1CC[C@H](CCCC2CCN(C(C)C)CC2)CC1. The molecular weight excluding hydrogens is 270 g/mol. The van der Waals surface area contributed by atoms with Crippen LogP contribution in [0.4, 0.5) is 0 Å². The van der Waals surface area contributed by atoms with Crippen molar-refractivity contribution in [1.82, 2.24) is 4.90 Å². The average Bonchev–Trinajstić information content (AvgIpc) is 2.49. The molecule has 1 saturated heterocycles. The predicted octanol–water partition coefficient (Wildman–Crippen LogP) is 5.26. The van der Waals surface area contributed by atoms with E-state index in [0.29, 0.717) is 12.2 Å². The molecule has 0 N–H and O–H groups in total. The van der Waals surface area contributed by atoms with Crippen molar-refractivity contribution >= 4 is 0 Å². The first kappa shape index (κ1) is 18.3. The normalized spacial score (nSPS) is 28.6. The Hall–Kier alpha value is -0.0800. The van der Waals surface area contributed by atoms with E-state index in [4.69, 9.17) is 4.74 Å². The highest BCUT2D eigenvalue weighted by Gasteiger charge is 2.23. The van der Waals surface area contributed by atoms with Crippen LogP contribution in [0.5, 0.6) is 0 Å². The van der Waals surface area contributed by atoms with Crippen LogP contribution < -0.4 is 0 Å². The van der Waals surface area contributed by atoms with Gasteiger partial charge in [-0.15, -0.1) is 0 Å².